The molecule has 62 heavy (non-hydrogen) atoms. The highest BCUT2D eigenvalue weighted by Crippen LogP contribution is 2.40. The molecule has 13 nitrogen and oxygen atoms in total. The Hall–Kier alpha value is -1.98. The molecule has 2 aliphatic rings. The highest BCUT2D eigenvalue weighted by Gasteiger charge is 2.49. The molecule has 0 aliphatic carbocycles. The summed E-state index contributed by atoms with van der Waals surface area (Å²) in [5.41, 5.74) is -0.838. The van der Waals surface area contributed by atoms with Gasteiger partial charge in [0, 0.05) is 50.7 Å². The molecule has 1 N–H and O–H groups in total. The van der Waals surface area contributed by atoms with E-state index in [1.165, 1.54) is 0 Å². The first-order chi connectivity index (χ1) is 29.2. The predicted molar refractivity (Wildman–Crippen MR) is 246 cm³/mol. The zero-order chi connectivity index (χ0) is 46.6. The SMILES string of the molecule is CCOC(C)OC1CCC(C)(OC(C)OCC)C(OC(=S)NC(C)C)/C=C/C(C)C(/C(C)=C/C=C/C(C)(CC2OC2C(C)C(CC)OC(C)OCC)OC(C)OCC)OC(=O)C1. The van der Waals surface area contributed by atoms with Crippen molar-refractivity contribution >= 4 is 23.4 Å². The summed E-state index contributed by atoms with van der Waals surface area (Å²) in [6, 6.07) is 0.0628. The van der Waals surface area contributed by atoms with E-state index in [9.17, 15) is 4.79 Å². The number of esters is 1. The predicted octanol–water partition coefficient (Wildman–Crippen LogP) is 9.50. The van der Waals surface area contributed by atoms with Crippen LogP contribution in [0.15, 0.2) is 36.0 Å². The number of cyclic esters (lactones) is 1. The van der Waals surface area contributed by atoms with Gasteiger partial charge >= 0.3 is 5.97 Å². The third-order valence-corrected chi connectivity index (χ3v) is 11.4. The van der Waals surface area contributed by atoms with Crippen molar-refractivity contribution in [2.75, 3.05) is 26.4 Å². The summed E-state index contributed by atoms with van der Waals surface area (Å²) in [5.74, 6) is -0.496. The first-order valence-electron chi connectivity index (χ1n) is 23.2. The van der Waals surface area contributed by atoms with Crippen LogP contribution in [-0.2, 0) is 56.9 Å². The van der Waals surface area contributed by atoms with Gasteiger partial charge in [0.05, 0.1) is 36.4 Å². The van der Waals surface area contributed by atoms with Crippen LogP contribution in [0.2, 0.25) is 0 Å². The van der Waals surface area contributed by atoms with Crippen LogP contribution < -0.4 is 5.32 Å². The minimum atomic E-state index is -0.937. The minimum absolute atomic E-state index is 0.00290. The lowest BCUT2D eigenvalue weighted by atomic mass is 9.88. The van der Waals surface area contributed by atoms with E-state index in [0.717, 1.165) is 12.0 Å². The average Bonchev–Trinajstić information content (AvgIpc) is 3.94. The van der Waals surface area contributed by atoms with Gasteiger partial charge in [-0.3, -0.25) is 4.79 Å². The largest absolute Gasteiger partial charge is 0.460 e. The Balaban J connectivity index is 2.54. The molecule has 0 spiro atoms. The van der Waals surface area contributed by atoms with Crippen molar-refractivity contribution in [2.45, 2.75) is 222 Å². The molecule has 0 aromatic heterocycles. The molecule has 360 valence electrons. The Bertz CT molecular complexity index is 1400. The standard InChI is InChI=1S/C48H85NO12S/c1-17-40(56-36(12)52-19-3)34(10)45-41(57-45)30-47(15,60-37(13)53-20-4)27-22-23-32(8)44-33(9)24-25-42(58-46(62)49-31(6)7)48(16,61-38(14)54-21-5)28-26-39(29-43(50)59-44)55-35(11)51-18-2/h22-25,27,31,33-42,44-45H,17-21,26,28-30H2,1-16H3,(H,49,62)/b25-24+,27-22+,32-23+. The Morgan fingerprint density at radius 2 is 1.55 bits per heavy atom. The van der Waals surface area contributed by atoms with Gasteiger partial charge in [-0.25, -0.2) is 0 Å². The molecule has 2 aliphatic heterocycles. The van der Waals surface area contributed by atoms with E-state index in [1.807, 2.05) is 127 Å². The van der Waals surface area contributed by atoms with Crippen molar-refractivity contribution in [1.82, 2.24) is 5.32 Å². The van der Waals surface area contributed by atoms with Crippen molar-refractivity contribution in [1.29, 1.82) is 0 Å². The van der Waals surface area contributed by atoms with Crippen LogP contribution >= 0.6 is 12.2 Å². The number of epoxide rings is 1. The van der Waals surface area contributed by atoms with Gasteiger partial charge in [0.25, 0.3) is 5.17 Å². The fourth-order valence-corrected chi connectivity index (χ4v) is 8.39. The van der Waals surface area contributed by atoms with Crippen molar-refractivity contribution < 1.29 is 56.9 Å². The van der Waals surface area contributed by atoms with Crippen LogP contribution in [0, 0.1) is 11.8 Å². The summed E-state index contributed by atoms with van der Waals surface area (Å²) in [7, 11) is 0. The third kappa shape index (κ3) is 20.0. The van der Waals surface area contributed by atoms with Crippen molar-refractivity contribution in [2.24, 2.45) is 11.8 Å². The number of rotatable bonds is 26. The number of allylic oxidation sites excluding steroid dienone is 2. The molecule has 0 amide bonds. The smallest absolute Gasteiger partial charge is 0.309 e. The third-order valence-electron chi connectivity index (χ3n) is 11.1. The van der Waals surface area contributed by atoms with Crippen LogP contribution in [0.1, 0.15) is 143 Å². The Kier molecular flexibility index (Phi) is 25.5. The number of nitrogens with one attached hydrogen (secondary N) is 1. The normalized spacial score (nSPS) is 29.6. The van der Waals surface area contributed by atoms with Crippen molar-refractivity contribution in [3.63, 3.8) is 0 Å². The van der Waals surface area contributed by atoms with Crippen LogP contribution in [0.4, 0.5) is 0 Å². The lowest BCUT2D eigenvalue weighted by Crippen LogP contribution is -2.49. The van der Waals surface area contributed by atoms with Gasteiger partial charge < -0.3 is 57.4 Å². The monoisotopic (exact) mass is 900 g/mol. The number of carbonyl (C=O) groups is 1. The van der Waals surface area contributed by atoms with E-state index in [-0.39, 0.29) is 60.0 Å². The zero-order valence-corrected chi connectivity index (χ0v) is 41.9. The van der Waals surface area contributed by atoms with Gasteiger partial charge in [0.15, 0.2) is 25.2 Å². The Morgan fingerprint density at radius 1 is 0.935 bits per heavy atom. The topological polar surface area (TPSA) is 134 Å². The maximum Gasteiger partial charge on any atom is 0.309 e. The molecule has 0 bridgehead atoms. The summed E-state index contributed by atoms with van der Waals surface area (Å²) in [6.45, 7) is 33.6. The molecule has 0 saturated carbocycles. The molecule has 0 aromatic rings. The molecule has 0 radical (unpaired) electrons. The van der Waals surface area contributed by atoms with Crippen LogP contribution in [-0.4, -0.2) is 117 Å². The fraction of sp³-hybridized carbons (Fsp3) is 0.833. The molecule has 2 heterocycles. The molecular formula is C48H85NO12S. The number of thiocarbonyl (C=S) groups is 1. The molecule has 2 rings (SSSR count). The molecule has 14 unspecified atom stereocenters. The number of carbonyl (C=O) groups excluding carboxylic acids is 1. The molecule has 1 saturated heterocycles. The average molecular weight is 900 g/mol. The number of hydrogen-bond donors (Lipinski definition) is 1. The van der Waals surface area contributed by atoms with Gasteiger partial charge in [0.2, 0.25) is 0 Å². The van der Waals surface area contributed by atoms with E-state index in [2.05, 4.69) is 19.2 Å². The van der Waals surface area contributed by atoms with Gasteiger partial charge in [-0.2, -0.15) is 0 Å². The zero-order valence-electron chi connectivity index (χ0n) is 41.1. The van der Waals surface area contributed by atoms with Gasteiger partial charge in [-0.1, -0.05) is 45.1 Å². The molecule has 0 aromatic carbocycles. The van der Waals surface area contributed by atoms with Gasteiger partial charge in [0.1, 0.15) is 17.8 Å². The summed E-state index contributed by atoms with van der Waals surface area (Å²) >= 11 is 5.67. The molecule has 14 heteroatoms. The second-order valence-corrected chi connectivity index (χ2v) is 17.7. The highest BCUT2D eigenvalue weighted by molar-refractivity contribution is 7.80. The van der Waals surface area contributed by atoms with E-state index in [1.54, 1.807) is 0 Å². The van der Waals surface area contributed by atoms with Gasteiger partial charge in [-0.05, 0) is 133 Å². The first-order valence-corrected chi connectivity index (χ1v) is 23.6. The molecule has 1 fully saturated rings. The number of hydrogen-bond acceptors (Lipinski definition) is 13. The van der Waals surface area contributed by atoms with Crippen LogP contribution in [0.25, 0.3) is 0 Å². The summed E-state index contributed by atoms with van der Waals surface area (Å²) in [4.78, 5) is 13.9. The first kappa shape index (κ1) is 56.2. The maximum atomic E-state index is 13.9. The Morgan fingerprint density at radius 3 is 2.16 bits per heavy atom. The van der Waals surface area contributed by atoms with Crippen molar-refractivity contribution in [3.05, 3.63) is 36.0 Å². The number of ether oxygens (including phenoxy) is 11. The van der Waals surface area contributed by atoms with E-state index in [4.69, 9.17) is 64.3 Å². The van der Waals surface area contributed by atoms with Gasteiger partial charge in [-0.15, -0.1) is 0 Å². The summed E-state index contributed by atoms with van der Waals surface area (Å²) < 4.78 is 67.9. The molecular weight excluding hydrogens is 815 g/mol. The second-order valence-electron chi connectivity index (χ2n) is 17.3. The van der Waals surface area contributed by atoms with E-state index < -0.39 is 48.4 Å². The quantitative estimate of drug-likeness (QED) is 0.0221. The Labute approximate surface area is 380 Å². The van der Waals surface area contributed by atoms with Crippen LogP contribution in [0.3, 0.4) is 0 Å². The summed E-state index contributed by atoms with van der Waals surface area (Å²) in [5, 5.41) is 3.46. The summed E-state index contributed by atoms with van der Waals surface area (Å²) in [6.07, 6.45) is 8.70. The highest BCUT2D eigenvalue weighted by atomic mass is 32.1. The van der Waals surface area contributed by atoms with Crippen LogP contribution in [0.5, 0.6) is 0 Å². The second kappa shape index (κ2) is 28.1. The minimum Gasteiger partial charge on any atom is -0.460 e. The lowest BCUT2D eigenvalue weighted by Gasteiger charge is -2.39. The van der Waals surface area contributed by atoms with Crippen molar-refractivity contribution in [3.8, 4) is 0 Å². The van der Waals surface area contributed by atoms with E-state index in [0.29, 0.717) is 45.7 Å². The fourth-order valence-electron chi connectivity index (χ4n) is 8.06. The van der Waals surface area contributed by atoms with E-state index >= 15 is 0 Å². The molecule has 14 atom stereocenters. The lowest BCUT2D eigenvalue weighted by molar-refractivity contribution is -0.223. The maximum absolute atomic E-state index is 13.9.